The molecule has 0 heterocycles. The number of hydrogen-bond acceptors (Lipinski definition) is 3. The second-order valence-corrected chi connectivity index (χ2v) is 8.84. The number of carbonyl (C=O) groups excluding carboxylic acids is 1. The van der Waals surface area contributed by atoms with Crippen molar-refractivity contribution in [2.24, 2.45) is 0 Å². The molecule has 28 heavy (non-hydrogen) atoms. The standard InChI is InChI=1S/C21H19BrN2O3S/c1-15(16-5-3-2-4-6-16)23-21(25)17-7-11-19(12-8-17)24-28(26,27)20-13-9-18(22)10-14-20/h2-15,24H,1H3,(H,23,25)/t15-/m1/s1. The van der Waals surface area contributed by atoms with Crippen molar-refractivity contribution in [2.45, 2.75) is 17.9 Å². The first-order valence-electron chi connectivity index (χ1n) is 8.59. The predicted octanol–water partition coefficient (Wildman–Crippen LogP) is 4.74. The lowest BCUT2D eigenvalue weighted by Gasteiger charge is -2.14. The minimum atomic E-state index is -3.69. The Morgan fingerprint density at radius 3 is 2.11 bits per heavy atom. The van der Waals surface area contributed by atoms with Crippen molar-refractivity contribution in [2.75, 3.05) is 4.72 Å². The monoisotopic (exact) mass is 458 g/mol. The van der Waals surface area contributed by atoms with Gasteiger partial charge in [0.2, 0.25) is 0 Å². The van der Waals surface area contributed by atoms with Gasteiger partial charge < -0.3 is 5.32 Å². The summed E-state index contributed by atoms with van der Waals surface area (Å²) >= 11 is 3.28. The van der Waals surface area contributed by atoms with E-state index in [0.717, 1.165) is 10.0 Å². The Kier molecular flexibility index (Phi) is 6.16. The van der Waals surface area contributed by atoms with Crippen molar-refractivity contribution >= 4 is 37.5 Å². The van der Waals surface area contributed by atoms with Gasteiger partial charge in [-0.25, -0.2) is 8.42 Å². The van der Waals surface area contributed by atoms with E-state index in [1.165, 1.54) is 12.1 Å². The average molecular weight is 459 g/mol. The molecule has 1 amide bonds. The van der Waals surface area contributed by atoms with Crippen molar-refractivity contribution in [1.82, 2.24) is 5.32 Å². The lowest BCUT2D eigenvalue weighted by molar-refractivity contribution is 0.0940. The van der Waals surface area contributed by atoms with E-state index < -0.39 is 10.0 Å². The highest BCUT2D eigenvalue weighted by atomic mass is 79.9. The number of benzene rings is 3. The smallest absolute Gasteiger partial charge is 0.261 e. The Balaban J connectivity index is 1.67. The Morgan fingerprint density at radius 2 is 1.50 bits per heavy atom. The van der Waals surface area contributed by atoms with Gasteiger partial charge >= 0.3 is 0 Å². The maximum atomic E-state index is 12.4. The zero-order chi connectivity index (χ0) is 20.1. The molecule has 3 aromatic carbocycles. The van der Waals surface area contributed by atoms with E-state index in [9.17, 15) is 13.2 Å². The fraction of sp³-hybridized carbons (Fsp3) is 0.0952. The summed E-state index contributed by atoms with van der Waals surface area (Å²) in [5.74, 6) is -0.223. The van der Waals surface area contributed by atoms with Gasteiger partial charge in [-0.05, 0) is 61.0 Å². The molecule has 3 aromatic rings. The van der Waals surface area contributed by atoms with Crippen molar-refractivity contribution in [1.29, 1.82) is 0 Å². The molecule has 5 nitrogen and oxygen atoms in total. The van der Waals surface area contributed by atoms with Crippen LogP contribution in [0.4, 0.5) is 5.69 Å². The van der Waals surface area contributed by atoms with E-state index in [1.807, 2.05) is 37.3 Å². The number of carbonyl (C=O) groups is 1. The molecule has 0 unspecified atom stereocenters. The van der Waals surface area contributed by atoms with Crippen LogP contribution in [-0.2, 0) is 10.0 Å². The number of rotatable bonds is 6. The Labute approximate surface area is 173 Å². The molecular formula is C21H19BrN2O3S. The summed E-state index contributed by atoms with van der Waals surface area (Å²) in [6, 6.07) is 22.2. The van der Waals surface area contributed by atoms with Crippen LogP contribution in [0, 0.1) is 0 Å². The quantitative estimate of drug-likeness (QED) is 0.559. The minimum absolute atomic E-state index is 0.135. The van der Waals surface area contributed by atoms with Crippen molar-refractivity contribution in [3.63, 3.8) is 0 Å². The molecule has 2 N–H and O–H groups in total. The van der Waals surface area contributed by atoms with Gasteiger partial charge in [0, 0.05) is 15.7 Å². The molecule has 3 rings (SSSR count). The van der Waals surface area contributed by atoms with Gasteiger partial charge in [0.15, 0.2) is 0 Å². The van der Waals surface area contributed by atoms with Crippen molar-refractivity contribution in [3.05, 3.63) is 94.5 Å². The maximum Gasteiger partial charge on any atom is 0.261 e. The first kappa shape index (κ1) is 20.1. The largest absolute Gasteiger partial charge is 0.346 e. The Bertz CT molecular complexity index is 1050. The molecule has 0 aliphatic carbocycles. The van der Waals surface area contributed by atoms with Crippen LogP contribution >= 0.6 is 15.9 Å². The summed E-state index contributed by atoms with van der Waals surface area (Å²) in [7, 11) is -3.69. The van der Waals surface area contributed by atoms with Crippen LogP contribution in [0.5, 0.6) is 0 Å². The van der Waals surface area contributed by atoms with E-state index in [2.05, 4.69) is 26.0 Å². The van der Waals surface area contributed by atoms with E-state index in [4.69, 9.17) is 0 Å². The highest BCUT2D eigenvalue weighted by molar-refractivity contribution is 9.10. The summed E-state index contributed by atoms with van der Waals surface area (Å²) in [6.45, 7) is 1.91. The van der Waals surface area contributed by atoms with Gasteiger partial charge in [0.1, 0.15) is 0 Å². The maximum absolute atomic E-state index is 12.4. The first-order chi connectivity index (χ1) is 13.3. The van der Waals surface area contributed by atoms with E-state index in [-0.39, 0.29) is 16.8 Å². The first-order valence-corrected chi connectivity index (χ1v) is 10.9. The minimum Gasteiger partial charge on any atom is -0.346 e. The van der Waals surface area contributed by atoms with Crippen LogP contribution < -0.4 is 10.0 Å². The van der Waals surface area contributed by atoms with Crippen molar-refractivity contribution in [3.8, 4) is 0 Å². The third-order valence-electron chi connectivity index (χ3n) is 4.17. The highest BCUT2D eigenvalue weighted by Crippen LogP contribution is 2.19. The lowest BCUT2D eigenvalue weighted by atomic mass is 10.1. The fourth-order valence-electron chi connectivity index (χ4n) is 2.62. The molecule has 0 saturated heterocycles. The molecule has 0 saturated carbocycles. The van der Waals surface area contributed by atoms with Crippen molar-refractivity contribution < 1.29 is 13.2 Å². The van der Waals surface area contributed by atoms with Gasteiger partial charge in [-0.2, -0.15) is 0 Å². The van der Waals surface area contributed by atoms with Gasteiger partial charge in [-0.15, -0.1) is 0 Å². The number of hydrogen-bond donors (Lipinski definition) is 2. The molecule has 0 spiro atoms. The highest BCUT2D eigenvalue weighted by Gasteiger charge is 2.15. The molecule has 0 radical (unpaired) electrons. The predicted molar refractivity (Wildman–Crippen MR) is 114 cm³/mol. The number of amides is 1. The third-order valence-corrected chi connectivity index (χ3v) is 6.10. The molecule has 144 valence electrons. The van der Waals surface area contributed by atoms with Crippen LogP contribution in [0.25, 0.3) is 0 Å². The van der Waals surface area contributed by atoms with Crippen LogP contribution in [0.15, 0.2) is 88.2 Å². The molecule has 0 aromatic heterocycles. The van der Waals surface area contributed by atoms with Crippen LogP contribution in [0.3, 0.4) is 0 Å². The second kappa shape index (κ2) is 8.58. The van der Waals surface area contributed by atoms with Crippen LogP contribution in [0.2, 0.25) is 0 Å². The zero-order valence-electron chi connectivity index (χ0n) is 15.1. The molecule has 0 bridgehead atoms. The summed E-state index contributed by atoms with van der Waals surface area (Å²) < 4.78 is 28.2. The lowest BCUT2D eigenvalue weighted by Crippen LogP contribution is -2.26. The van der Waals surface area contributed by atoms with Gasteiger partial charge in [-0.1, -0.05) is 46.3 Å². The Morgan fingerprint density at radius 1 is 0.893 bits per heavy atom. The topological polar surface area (TPSA) is 75.3 Å². The molecular weight excluding hydrogens is 440 g/mol. The molecule has 1 atom stereocenters. The van der Waals surface area contributed by atoms with E-state index in [0.29, 0.717) is 11.3 Å². The van der Waals surface area contributed by atoms with E-state index >= 15 is 0 Å². The number of anilines is 1. The Hall–Kier alpha value is -2.64. The average Bonchev–Trinajstić information content (AvgIpc) is 2.69. The number of halogens is 1. The molecule has 0 aliphatic heterocycles. The second-order valence-electron chi connectivity index (χ2n) is 6.24. The molecule has 0 fully saturated rings. The third kappa shape index (κ3) is 4.99. The van der Waals surface area contributed by atoms with Gasteiger partial charge in [-0.3, -0.25) is 9.52 Å². The van der Waals surface area contributed by atoms with Gasteiger partial charge in [0.05, 0.1) is 10.9 Å². The summed E-state index contributed by atoms with van der Waals surface area (Å²) in [4.78, 5) is 12.6. The van der Waals surface area contributed by atoms with Crippen LogP contribution in [-0.4, -0.2) is 14.3 Å². The van der Waals surface area contributed by atoms with E-state index in [1.54, 1.807) is 36.4 Å². The zero-order valence-corrected chi connectivity index (χ0v) is 17.5. The summed E-state index contributed by atoms with van der Waals surface area (Å²) in [5, 5.41) is 2.93. The van der Waals surface area contributed by atoms with Gasteiger partial charge in [0.25, 0.3) is 15.9 Å². The molecule has 7 heteroatoms. The summed E-state index contributed by atoms with van der Waals surface area (Å²) in [5.41, 5.74) is 1.85. The normalized spacial score (nSPS) is 12.2. The molecule has 0 aliphatic rings. The van der Waals surface area contributed by atoms with Crippen LogP contribution in [0.1, 0.15) is 28.9 Å². The SMILES string of the molecule is C[C@@H](NC(=O)c1ccc(NS(=O)(=O)c2ccc(Br)cc2)cc1)c1ccccc1. The fourth-order valence-corrected chi connectivity index (χ4v) is 3.95. The summed E-state index contributed by atoms with van der Waals surface area (Å²) in [6.07, 6.45) is 0. The number of nitrogens with one attached hydrogen (secondary N) is 2. The number of sulfonamides is 1.